The maximum atomic E-state index is 9.81. The van der Waals surface area contributed by atoms with Crippen LogP contribution < -0.4 is 0 Å². The fraction of sp³-hybridized carbons (Fsp3) is 1.00. The first-order chi connectivity index (χ1) is 9.84. The summed E-state index contributed by atoms with van der Waals surface area (Å²) in [6, 6.07) is 0. The standard InChI is InChI=1S/C11H20O10/c12-1-4-6(14)7(15)8(16)10(20-4)21-5-2-19-11(18,3-13)9(5)17/h4-10,12-18H,1-3H2/t4?,5-,6-,7-,8?,9?,10-,11?/m0/s1. The van der Waals surface area contributed by atoms with Crippen LogP contribution in [0.3, 0.4) is 0 Å². The van der Waals surface area contributed by atoms with Crippen LogP contribution in [0.1, 0.15) is 0 Å². The van der Waals surface area contributed by atoms with Gasteiger partial charge in [0.1, 0.15) is 36.6 Å². The molecule has 2 heterocycles. The number of aliphatic hydroxyl groups excluding tert-OH is 6. The summed E-state index contributed by atoms with van der Waals surface area (Å²) < 4.78 is 15.1. The predicted octanol–water partition coefficient (Wildman–Crippen LogP) is -4.76. The number of ether oxygens (including phenoxy) is 3. The summed E-state index contributed by atoms with van der Waals surface area (Å²) in [5.74, 6) is -2.18. The Bertz CT molecular complexity index is 352. The quantitative estimate of drug-likeness (QED) is 0.267. The molecular weight excluding hydrogens is 292 g/mol. The van der Waals surface area contributed by atoms with Crippen molar-refractivity contribution in [3.05, 3.63) is 0 Å². The Morgan fingerprint density at radius 2 is 1.71 bits per heavy atom. The fourth-order valence-corrected chi connectivity index (χ4v) is 2.30. The van der Waals surface area contributed by atoms with Crippen molar-refractivity contribution in [2.24, 2.45) is 0 Å². The second-order valence-electron chi connectivity index (χ2n) is 5.13. The van der Waals surface area contributed by atoms with E-state index in [0.29, 0.717) is 0 Å². The predicted molar refractivity (Wildman–Crippen MR) is 62.6 cm³/mol. The molecule has 0 saturated carbocycles. The lowest BCUT2D eigenvalue weighted by atomic mass is 9.99. The van der Waals surface area contributed by atoms with Gasteiger partial charge in [-0.05, 0) is 0 Å². The Kier molecular flexibility index (Phi) is 5.15. The third kappa shape index (κ3) is 3.05. The molecule has 2 rings (SSSR count). The van der Waals surface area contributed by atoms with Gasteiger partial charge in [0.25, 0.3) is 0 Å². The van der Waals surface area contributed by atoms with Gasteiger partial charge >= 0.3 is 0 Å². The summed E-state index contributed by atoms with van der Waals surface area (Å²) in [6.45, 7) is -1.76. The molecule has 0 amide bonds. The van der Waals surface area contributed by atoms with E-state index in [2.05, 4.69) is 0 Å². The van der Waals surface area contributed by atoms with Crippen LogP contribution in [0, 0.1) is 0 Å². The zero-order chi connectivity index (χ0) is 15.8. The molecule has 2 aliphatic heterocycles. The molecule has 0 radical (unpaired) electrons. The molecule has 10 heteroatoms. The first kappa shape index (κ1) is 17.0. The van der Waals surface area contributed by atoms with E-state index in [-0.39, 0.29) is 6.61 Å². The van der Waals surface area contributed by atoms with Gasteiger partial charge in [0.2, 0.25) is 5.79 Å². The van der Waals surface area contributed by atoms with Crippen molar-refractivity contribution in [3.63, 3.8) is 0 Å². The maximum Gasteiger partial charge on any atom is 0.218 e. The van der Waals surface area contributed by atoms with Crippen LogP contribution >= 0.6 is 0 Å². The Morgan fingerprint density at radius 3 is 2.24 bits per heavy atom. The zero-order valence-electron chi connectivity index (χ0n) is 11.0. The molecule has 21 heavy (non-hydrogen) atoms. The molecule has 0 aromatic heterocycles. The minimum Gasteiger partial charge on any atom is -0.394 e. The molecule has 7 N–H and O–H groups in total. The van der Waals surface area contributed by atoms with Crippen LogP contribution in [0.5, 0.6) is 0 Å². The average Bonchev–Trinajstić information content (AvgIpc) is 2.76. The minimum atomic E-state index is -2.18. The first-order valence-electron chi connectivity index (χ1n) is 6.45. The van der Waals surface area contributed by atoms with E-state index in [1.165, 1.54) is 0 Å². The lowest BCUT2D eigenvalue weighted by molar-refractivity contribution is -0.316. The summed E-state index contributed by atoms with van der Waals surface area (Å²) in [4.78, 5) is 0. The van der Waals surface area contributed by atoms with Gasteiger partial charge in [-0.1, -0.05) is 0 Å². The Hall–Kier alpha value is -0.400. The summed E-state index contributed by atoms with van der Waals surface area (Å²) >= 11 is 0. The first-order valence-corrected chi connectivity index (χ1v) is 6.45. The minimum absolute atomic E-state index is 0.284. The second-order valence-corrected chi connectivity index (χ2v) is 5.13. The Morgan fingerprint density at radius 1 is 1.05 bits per heavy atom. The third-order valence-electron chi connectivity index (χ3n) is 3.70. The molecular formula is C11H20O10. The van der Waals surface area contributed by atoms with E-state index in [9.17, 15) is 25.5 Å². The second kappa shape index (κ2) is 6.38. The lowest BCUT2D eigenvalue weighted by Crippen LogP contribution is -2.60. The average molecular weight is 312 g/mol. The van der Waals surface area contributed by atoms with Gasteiger partial charge in [-0.25, -0.2) is 0 Å². The van der Waals surface area contributed by atoms with Crippen LogP contribution in [-0.2, 0) is 14.2 Å². The van der Waals surface area contributed by atoms with E-state index in [4.69, 9.17) is 24.4 Å². The SMILES string of the molecule is OCC1O[C@@H](O[C@H]2COC(O)(CO)C2O)C(O)[C@@H](O)[C@H]1O. The van der Waals surface area contributed by atoms with Crippen molar-refractivity contribution in [1.29, 1.82) is 0 Å². The van der Waals surface area contributed by atoms with Gasteiger partial charge in [-0.3, -0.25) is 0 Å². The number of hydrogen-bond donors (Lipinski definition) is 7. The van der Waals surface area contributed by atoms with E-state index < -0.39 is 61.9 Å². The van der Waals surface area contributed by atoms with E-state index in [0.717, 1.165) is 0 Å². The number of hydrogen-bond acceptors (Lipinski definition) is 10. The molecule has 2 aliphatic rings. The molecule has 0 aromatic carbocycles. The number of aliphatic hydroxyl groups is 7. The topological polar surface area (TPSA) is 169 Å². The van der Waals surface area contributed by atoms with E-state index in [1.807, 2.05) is 0 Å². The van der Waals surface area contributed by atoms with Gasteiger partial charge in [0, 0.05) is 0 Å². The fourth-order valence-electron chi connectivity index (χ4n) is 2.30. The summed E-state index contributed by atoms with van der Waals surface area (Å²) in [6.07, 6.45) is -10.1. The summed E-state index contributed by atoms with van der Waals surface area (Å²) in [5, 5.41) is 66.5. The highest BCUT2D eigenvalue weighted by Crippen LogP contribution is 2.29. The Labute approximate surface area is 119 Å². The van der Waals surface area contributed by atoms with Crippen LogP contribution in [-0.4, -0.2) is 104 Å². The van der Waals surface area contributed by atoms with Crippen LogP contribution in [0.2, 0.25) is 0 Å². The van der Waals surface area contributed by atoms with Gasteiger partial charge in [0.15, 0.2) is 6.29 Å². The monoisotopic (exact) mass is 312 g/mol. The lowest BCUT2D eigenvalue weighted by Gasteiger charge is -2.40. The maximum absolute atomic E-state index is 9.81. The van der Waals surface area contributed by atoms with Crippen molar-refractivity contribution in [2.75, 3.05) is 19.8 Å². The molecule has 2 fully saturated rings. The van der Waals surface area contributed by atoms with E-state index in [1.54, 1.807) is 0 Å². The molecule has 8 atom stereocenters. The highest BCUT2D eigenvalue weighted by atomic mass is 16.7. The molecule has 4 unspecified atom stereocenters. The van der Waals surface area contributed by atoms with Gasteiger partial charge in [-0.2, -0.15) is 0 Å². The largest absolute Gasteiger partial charge is 0.394 e. The molecule has 0 aliphatic carbocycles. The molecule has 0 bridgehead atoms. The van der Waals surface area contributed by atoms with Gasteiger partial charge < -0.3 is 50.0 Å². The molecule has 10 nitrogen and oxygen atoms in total. The smallest absolute Gasteiger partial charge is 0.218 e. The number of rotatable bonds is 4. The van der Waals surface area contributed by atoms with Gasteiger partial charge in [0.05, 0.1) is 19.8 Å². The van der Waals surface area contributed by atoms with Crippen LogP contribution in [0.25, 0.3) is 0 Å². The highest BCUT2D eigenvalue weighted by molar-refractivity contribution is 4.93. The van der Waals surface area contributed by atoms with Crippen molar-refractivity contribution in [3.8, 4) is 0 Å². The molecule has 0 spiro atoms. The van der Waals surface area contributed by atoms with Crippen LogP contribution in [0.4, 0.5) is 0 Å². The summed E-state index contributed by atoms with van der Waals surface area (Å²) in [7, 11) is 0. The molecule has 2 saturated heterocycles. The summed E-state index contributed by atoms with van der Waals surface area (Å²) in [5.41, 5.74) is 0. The van der Waals surface area contributed by atoms with Gasteiger partial charge in [-0.15, -0.1) is 0 Å². The zero-order valence-corrected chi connectivity index (χ0v) is 11.0. The third-order valence-corrected chi connectivity index (χ3v) is 3.70. The van der Waals surface area contributed by atoms with Crippen molar-refractivity contribution < 1.29 is 50.0 Å². The van der Waals surface area contributed by atoms with Crippen molar-refractivity contribution in [1.82, 2.24) is 0 Å². The Balaban J connectivity index is 2.02. The molecule has 0 aromatic rings. The molecule has 124 valence electrons. The van der Waals surface area contributed by atoms with Crippen molar-refractivity contribution in [2.45, 2.75) is 48.7 Å². The van der Waals surface area contributed by atoms with E-state index >= 15 is 0 Å². The highest BCUT2D eigenvalue weighted by Gasteiger charge is 2.52. The normalized spacial score (nSPS) is 51.3. The van der Waals surface area contributed by atoms with Crippen molar-refractivity contribution >= 4 is 0 Å². The van der Waals surface area contributed by atoms with Crippen LogP contribution in [0.15, 0.2) is 0 Å².